The number of fused-ring (bicyclic) bond motifs is 1. The number of hydrogen-bond donors (Lipinski definition) is 1. The summed E-state index contributed by atoms with van der Waals surface area (Å²) in [6.45, 7) is 1.71. The van der Waals surface area contributed by atoms with E-state index in [1.54, 1.807) is 30.5 Å². The monoisotopic (exact) mass is 344 g/mol. The summed E-state index contributed by atoms with van der Waals surface area (Å²) in [5.41, 5.74) is 0.597. The first kappa shape index (κ1) is 15.9. The van der Waals surface area contributed by atoms with Crippen molar-refractivity contribution in [3.05, 3.63) is 46.1 Å². The van der Waals surface area contributed by atoms with Crippen LogP contribution in [0, 0.1) is 0 Å². The molecule has 0 aliphatic rings. The highest BCUT2D eigenvalue weighted by Crippen LogP contribution is 2.25. The number of anilines is 1. The Bertz CT molecular complexity index is 976. The Morgan fingerprint density at radius 3 is 2.92 bits per heavy atom. The molecule has 3 rings (SSSR count). The van der Waals surface area contributed by atoms with Gasteiger partial charge in [0.05, 0.1) is 17.9 Å². The second-order valence-electron chi connectivity index (χ2n) is 4.70. The number of thiazole rings is 1. The summed E-state index contributed by atoms with van der Waals surface area (Å²) in [4.78, 5) is 39.1. The van der Waals surface area contributed by atoms with Crippen molar-refractivity contribution in [2.24, 2.45) is 0 Å². The number of hydrogen-bond acceptors (Lipinski definition) is 7. The van der Waals surface area contributed by atoms with Gasteiger partial charge in [0.25, 0.3) is 0 Å². The molecule has 8 heteroatoms. The van der Waals surface area contributed by atoms with E-state index in [1.807, 2.05) is 12.1 Å². The number of ether oxygens (including phenoxy) is 1. The predicted molar refractivity (Wildman–Crippen MR) is 88.9 cm³/mol. The van der Waals surface area contributed by atoms with Crippen molar-refractivity contribution in [2.75, 3.05) is 11.9 Å². The minimum atomic E-state index is -0.987. The molecule has 3 aromatic rings. The zero-order valence-electron chi connectivity index (χ0n) is 12.6. The second-order valence-corrected chi connectivity index (χ2v) is 5.56. The van der Waals surface area contributed by atoms with Crippen LogP contribution in [0.4, 0.5) is 5.13 Å². The Hall–Kier alpha value is -3.00. The molecule has 0 atom stereocenters. The van der Waals surface area contributed by atoms with Gasteiger partial charge in [-0.1, -0.05) is 18.2 Å². The van der Waals surface area contributed by atoms with Gasteiger partial charge in [0.2, 0.25) is 0 Å². The molecule has 0 aliphatic carbocycles. The molecule has 0 fully saturated rings. The van der Waals surface area contributed by atoms with E-state index in [0.717, 1.165) is 16.7 Å². The van der Waals surface area contributed by atoms with Crippen LogP contribution >= 0.6 is 11.3 Å². The van der Waals surface area contributed by atoms with Crippen LogP contribution in [-0.4, -0.2) is 23.5 Å². The molecule has 1 aromatic carbocycles. The lowest BCUT2D eigenvalue weighted by atomic mass is 10.1. The van der Waals surface area contributed by atoms with E-state index in [0.29, 0.717) is 11.3 Å². The molecular formula is C16H12N2O5S. The zero-order valence-corrected chi connectivity index (χ0v) is 13.4. The Morgan fingerprint density at radius 1 is 1.33 bits per heavy atom. The van der Waals surface area contributed by atoms with Crippen molar-refractivity contribution in [1.82, 2.24) is 4.98 Å². The number of para-hydroxylation sites is 1. The molecule has 0 radical (unpaired) electrons. The number of amides is 1. The Balaban J connectivity index is 1.88. The molecule has 0 saturated heterocycles. The zero-order chi connectivity index (χ0) is 17.1. The first-order chi connectivity index (χ1) is 11.6. The molecule has 0 unspecified atom stereocenters. The first-order valence-corrected chi connectivity index (χ1v) is 7.93. The first-order valence-electron chi connectivity index (χ1n) is 7.05. The molecule has 7 nitrogen and oxygen atoms in total. The van der Waals surface area contributed by atoms with Crippen molar-refractivity contribution in [2.45, 2.75) is 6.92 Å². The van der Waals surface area contributed by atoms with Gasteiger partial charge in [-0.05, 0) is 19.1 Å². The smallest absolute Gasteiger partial charge is 0.397 e. The number of benzene rings is 1. The Morgan fingerprint density at radius 2 is 2.12 bits per heavy atom. The maximum Gasteiger partial charge on any atom is 0.397 e. The molecule has 24 heavy (non-hydrogen) atoms. The molecule has 2 aromatic heterocycles. The van der Waals surface area contributed by atoms with E-state index in [4.69, 9.17) is 4.42 Å². The van der Waals surface area contributed by atoms with Crippen LogP contribution in [0.3, 0.4) is 0 Å². The summed E-state index contributed by atoms with van der Waals surface area (Å²) in [6.07, 6.45) is 0. The van der Waals surface area contributed by atoms with Gasteiger partial charge in [0, 0.05) is 10.8 Å². The normalized spacial score (nSPS) is 10.5. The standard InChI is InChI=1S/C16H12N2O5S/c1-2-22-15(21)13(19)18-16-17-11(8-24-16)10-7-9-5-3-4-6-12(9)23-14(10)20/h3-8H,2H2,1H3,(H,17,18,19). The van der Waals surface area contributed by atoms with Crippen LogP contribution in [0.25, 0.3) is 22.2 Å². The molecule has 0 saturated carbocycles. The number of esters is 1. The van der Waals surface area contributed by atoms with Gasteiger partial charge in [-0.15, -0.1) is 11.3 Å². The molecule has 1 amide bonds. The fourth-order valence-electron chi connectivity index (χ4n) is 2.04. The average Bonchev–Trinajstić information content (AvgIpc) is 3.02. The van der Waals surface area contributed by atoms with Crippen LogP contribution in [0.5, 0.6) is 0 Å². The quantitative estimate of drug-likeness (QED) is 0.445. The number of nitrogens with one attached hydrogen (secondary N) is 1. The highest BCUT2D eigenvalue weighted by Gasteiger charge is 2.18. The summed E-state index contributed by atoms with van der Waals surface area (Å²) < 4.78 is 9.85. The lowest BCUT2D eigenvalue weighted by Gasteiger charge is -2.01. The van der Waals surface area contributed by atoms with E-state index in [9.17, 15) is 14.4 Å². The number of nitrogens with zero attached hydrogens (tertiary/aromatic N) is 1. The van der Waals surface area contributed by atoms with Gasteiger partial charge in [-0.2, -0.15) is 0 Å². The second kappa shape index (κ2) is 6.63. The topological polar surface area (TPSA) is 98.5 Å². The van der Waals surface area contributed by atoms with Crippen molar-refractivity contribution in [3.8, 4) is 11.3 Å². The van der Waals surface area contributed by atoms with Crippen LogP contribution < -0.4 is 10.9 Å². The fourth-order valence-corrected chi connectivity index (χ4v) is 2.75. The maximum atomic E-state index is 12.1. The third kappa shape index (κ3) is 3.18. The van der Waals surface area contributed by atoms with Crippen molar-refractivity contribution in [3.63, 3.8) is 0 Å². The molecule has 0 bridgehead atoms. The average molecular weight is 344 g/mol. The van der Waals surface area contributed by atoms with Gasteiger partial charge in [-0.25, -0.2) is 14.6 Å². The van der Waals surface area contributed by atoms with E-state index >= 15 is 0 Å². The van der Waals surface area contributed by atoms with E-state index in [1.165, 1.54) is 0 Å². The maximum absolute atomic E-state index is 12.1. The highest BCUT2D eigenvalue weighted by molar-refractivity contribution is 7.14. The van der Waals surface area contributed by atoms with Crippen LogP contribution in [0.15, 0.2) is 44.9 Å². The molecule has 122 valence electrons. The summed E-state index contributed by atoms with van der Waals surface area (Å²) in [5.74, 6) is -1.90. The third-order valence-corrected chi connectivity index (χ3v) is 3.86. The van der Waals surface area contributed by atoms with E-state index < -0.39 is 17.5 Å². The van der Waals surface area contributed by atoms with Gasteiger partial charge in [0.15, 0.2) is 5.13 Å². The Kier molecular flexibility index (Phi) is 4.39. The molecular weight excluding hydrogens is 332 g/mol. The number of rotatable bonds is 3. The van der Waals surface area contributed by atoms with Gasteiger partial charge >= 0.3 is 17.5 Å². The SMILES string of the molecule is CCOC(=O)C(=O)Nc1nc(-c2cc3ccccc3oc2=O)cs1. The van der Waals surface area contributed by atoms with Gasteiger partial charge in [-0.3, -0.25) is 10.1 Å². The van der Waals surface area contributed by atoms with Crippen molar-refractivity contribution < 1.29 is 18.7 Å². The van der Waals surface area contributed by atoms with E-state index in [-0.39, 0.29) is 17.3 Å². The minimum Gasteiger partial charge on any atom is -0.459 e. The number of carbonyl (C=O) groups is 2. The summed E-state index contributed by atoms with van der Waals surface area (Å²) in [7, 11) is 0. The summed E-state index contributed by atoms with van der Waals surface area (Å²) in [5, 5.41) is 4.89. The van der Waals surface area contributed by atoms with Gasteiger partial charge < -0.3 is 9.15 Å². The minimum absolute atomic E-state index is 0.105. The molecule has 0 spiro atoms. The van der Waals surface area contributed by atoms with Crippen molar-refractivity contribution >= 4 is 39.3 Å². The largest absolute Gasteiger partial charge is 0.459 e. The van der Waals surface area contributed by atoms with Crippen LogP contribution in [0.2, 0.25) is 0 Å². The van der Waals surface area contributed by atoms with E-state index in [2.05, 4.69) is 15.0 Å². The van der Waals surface area contributed by atoms with Crippen LogP contribution in [0.1, 0.15) is 6.92 Å². The molecule has 1 N–H and O–H groups in total. The van der Waals surface area contributed by atoms with Gasteiger partial charge in [0.1, 0.15) is 5.58 Å². The number of aromatic nitrogens is 1. The predicted octanol–water partition coefficient (Wildman–Crippen LogP) is 2.42. The molecule has 2 heterocycles. The Labute approximate surface area is 139 Å². The lowest BCUT2D eigenvalue weighted by Crippen LogP contribution is -2.24. The summed E-state index contributed by atoms with van der Waals surface area (Å²) in [6, 6.07) is 8.80. The van der Waals surface area contributed by atoms with Crippen molar-refractivity contribution in [1.29, 1.82) is 0 Å². The molecule has 0 aliphatic heterocycles. The highest BCUT2D eigenvalue weighted by atomic mass is 32.1. The third-order valence-electron chi connectivity index (χ3n) is 3.10. The fraction of sp³-hybridized carbons (Fsp3) is 0.125. The number of carbonyl (C=O) groups excluding carboxylic acids is 2. The van der Waals surface area contributed by atoms with Crippen LogP contribution in [-0.2, 0) is 14.3 Å². The summed E-state index contributed by atoms with van der Waals surface area (Å²) >= 11 is 1.09. The lowest BCUT2D eigenvalue weighted by molar-refractivity contribution is -0.152.